The summed E-state index contributed by atoms with van der Waals surface area (Å²) >= 11 is 0. The van der Waals surface area contributed by atoms with Crippen molar-refractivity contribution in [2.45, 2.75) is 64.2 Å². The molecule has 2 aromatic rings. The maximum Gasteiger partial charge on any atom is 0.321 e. The molecule has 2 rings (SSSR count). The normalized spacial score (nSPS) is 13.4. The standard InChI is InChI=1S/C28H35NO7/c1-2-3-17-24(22(30)16-10-15-20-11-6-4-7-12-20)35-19-23(31)25(26(29)27(32)33)28(34)36-18-21-13-8-5-9-14-21/h4-9,11-14,24-26H,2-3,10,15-19,29H2,1H3,(H,32,33). The van der Waals surface area contributed by atoms with Crippen LogP contribution in [-0.2, 0) is 41.7 Å². The van der Waals surface area contributed by atoms with Gasteiger partial charge in [-0.05, 0) is 30.4 Å². The van der Waals surface area contributed by atoms with Gasteiger partial charge in [-0.15, -0.1) is 0 Å². The Bertz CT molecular complexity index is 978. The van der Waals surface area contributed by atoms with Gasteiger partial charge in [-0.1, -0.05) is 80.4 Å². The zero-order valence-electron chi connectivity index (χ0n) is 20.6. The number of aliphatic carboxylic acids is 1. The first-order chi connectivity index (χ1) is 17.3. The van der Waals surface area contributed by atoms with Gasteiger partial charge in [-0.25, -0.2) is 0 Å². The monoisotopic (exact) mass is 497 g/mol. The number of Topliss-reactive ketones (excluding diaryl/α,β-unsaturated/α-hetero) is 2. The predicted molar refractivity (Wildman–Crippen MR) is 134 cm³/mol. The molecule has 0 aliphatic rings. The molecular weight excluding hydrogens is 462 g/mol. The molecule has 0 fully saturated rings. The van der Waals surface area contributed by atoms with E-state index < -0.39 is 42.4 Å². The number of benzene rings is 2. The van der Waals surface area contributed by atoms with Crippen molar-refractivity contribution >= 4 is 23.5 Å². The minimum atomic E-state index is -1.79. The van der Waals surface area contributed by atoms with Crippen LogP contribution in [0.5, 0.6) is 0 Å². The Hall–Kier alpha value is -3.36. The minimum Gasteiger partial charge on any atom is -0.480 e. The highest BCUT2D eigenvalue weighted by Gasteiger charge is 2.38. The number of rotatable bonds is 17. The Balaban J connectivity index is 1.98. The molecule has 0 spiro atoms. The van der Waals surface area contributed by atoms with Gasteiger partial charge >= 0.3 is 11.9 Å². The molecule has 3 unspecified atom stereocenters. The summed E-state index contributed by atoms with van der Waals surface area (Å²) in [5, 5.41) is 9.33. The minimum absolute atomic E-state index is 0.127. The molecular formula is C28H35NO7. The molecule has 0 saturated heterocycles. The summed E-state index contributed by atoms with van der Waals surface area (Å²) in [6.07, 6.45) is 2.85. The van der Waals surface area contributed by atoms with E-state index in [0.717, 1.165) is 24.8 Å². The number of carbonyl (C=O) groups is 4. The highest BCUT2D eigenvalue weighted by atomic mass is 16.5. The van der Waals surface area contributed by atoms with Crippen LogP contribution in [0.4, 0.5) is 0 Å². The highest BCUT2D eigenvalue weighted by Crippen LogP contribution is 2.15. The summed E-state index contributed by atoms with van der Waals surface area (Å²) in [7, 11) is 0. The number of ether oxygens (including phenoxy) is 2. The second kappa shape index (κ2) is 15.6. The van der Waals surface area contributed by atoms with Crippen LogP contribution in [0.2, 0.25) is 0 Å². The van der Waals surface area contributed by atoms with Crippen LogP contribution in [0.1, 0.15) is 50.2 Å². The number of esters is 1. The van der Waals surface area contributed by atoms with Crippen LogP contribution in [-0.4, -0.2) is 47.4 Å². The molecule has 0 amide bonds. The Labute approximate surface area is 211 Å². The van der Waals surface area contributed by atoms with Crippen LogP contribution in [0.15, 0.2) is 60.7 Å². The van der Waals surface area contributed by atoms with Gasteiger partial charge in [0.25, 0.3) is 0 Å². The second-order valence-corrected chi connectivity index (χ2v) is 8.65. The summed E-state index contributed by atoms with van der Waals surface area (Å²) in [6, 6.07) is 16.8. The average Bonchev–Trinajstić information content (AvgIpc) is 2.88. The SMILES string of the molecule is CCCCC(OCC(=O)C(C(=O)OCc1ccccc1)C(N)C(=O)O)C(=O)CCCc1ccccc1. The number of ketones is 2. The van der Waals surface area contributed by atoms with Crippen molar-refractivity contribution in [2.24, 2.45) is 11.7 Å². The number of hydrogen-bond donors (Lipinski definition) is 2. The third kappa shape index (κ3) is 9.71. The van der Waals surface area contributed by atoms with Crippen LogP contribution >= 0.6 is 0 Å². The fourth-order valence-electron chi connectivity index (χ4n) is 3.71. The van der Waals surface area contributed by atoms with Crippen molar-refractivity contribution in [1.82, 2.24) is 0 Å². The molecule has 2 aromatic carbocycles. The molecule has 0 aliphatic carbocycles. The van der Waals surface area contributed by atoms with Gasteiger partial charge in [0.1, 0.15) is 31.3 Å². The van der Waals surface area contributed by atoms with Crippen molar-refractivity contribution in [1.29, 1.82) is 0 Å². The lowest BCUT2D eigenvalue weighted by atomic mass is 9.95. The first kappa shape index (κ1) is 28.9. The summed E-state index contributed by atoms with van der Waals surface area (Å²) in [4.78, 5) is 49.8. The zero-order valence-corrected chi connectivity index (χ0v) is 20.6. The van der Waals surface area contributed by atoms with Crippen molar-refractivity contribution in [2.75, 3.05) is 6.61 Å². The smallest absolute Gasteiger partial charge is 0.321 e. The fourth-order valence-corrected chi connectivity index (χ4v) is 3.71. The fraction of sp³-hybridized carbons (Fsp3) is 0.429. The van der Waals surface area contributed by atoms with E-state index in [1.165, 1.54) is 0 Å². The number of aryl methyl sites for hydroxylation is 1. The molecule has 36 heavy (non-hydrogen) atoms. The quantitative estimate of drug-likeness (QED) is 0.251. The lowest BCUT2D eigenvalue weighted by Crippen LogP contribution is -2.48. The number of carbonyl (C=O) groups excluding carboxylic acids is 3. The van der Waals surface area contributed by atoms with Gasteiger partial charge in [0.05, 0.1) is 0 Å². The molecule has 3 atom stereocenters. The molecule has 0 aromatic heterocycles. The topological polar surface area (TPSA) is 133 Å². The van der Waals surface area contributed by atoms with E-state index in [4.69, 9.17) is 15.2 Å². The zero-order chi connectivity index (χ0) is 26.3. The van der Waals surface area contributed by atoms with Gasteiger partial charge in [0.2, 0.25) is 0 Å². The molecule has 0 bridgehead atoms. The van der Waals surface area contributed by atoms with E-state index in [1.54, 1.807) is 30.3 Å². The van der Waals surface area contributed by atoms with E-state index >= 15 is 0 Å². The van der Waals surface area contributed by atoms with E-state index in [1.807, 2.05) is 37.3 Å². The summed E-state index contributed by atoms with van der Waals surface area (Å²) in [5.41, 5.74) is 7.46. The Morgan fingerprint density at radius 3 is 2.08 bits per heavy atom. The number of hydrogen-bond acceptors (Lipinski definition) is 7. The Morgan fingerprint density at radius 1 is 0.889 bits per heavy atom. The van der Waals surface area contributed by atoms with Crippen molar-refractivity contribution in [3.8, 4) is 0 Å². The summed E-state index contributed by atoms with van der Waals surface area (Å²) in [5.74, 6) is -5.25. The Kier molecular flexibility index (Phi) is 12.5. The van der Waals surface area contributed by atoms with E-state index in [-0.39, 0.29) is 18.8 Å². The molecule has 194 valence electrons. The number of nitrogens with two attached hydrogens (primary N) is 1. The summed E-state index contributed by atoms with van der Waals surface area (Å²) < 4.78 is 10.8. The Morgan fingerprint density at radius 2 is 1.50 bits per heavy atom. The lowest BCUT2D eigenvalue weighted by Gasteiger charge is -2.21. The van der Waals surface area contributed by atoms with Gasteiger partial charge in [0, 0.05) is 6.42 Å². The molecule has 0 heterocycles. The molecule has 8 nitrogen and oxygen atoms in total. The lowest BCUT2D eigenvalue weighted by molar-refractivity contribution is -0.160. The molecule has 3 N–H and O–H groups in total. The molecule has 0 saturated carbocycles. The molecule has 0 aliphatic heterocycles. The van der Waals surface area contributed by atoms with Gasteiger partial charge < -0.3 is 20.3 Å². The van der Waals surface area contributed by atoms with Gasteiger partial charge in [0.15, 0.2) is 11.6 Å². The van der Waals surface area contributed by atoms with Gasteiger partial charge in [-0.2, -0.15) is 0 Å². The van der Waals surface area contributed by atoms with E-state index in [9.17, 15) is 24.3 Å². The first-order valence-corrected chi connectivity index (χ1v) is 12.2. The van der Waals surface area contributed by atoms with Crippen LogP contribution in [0.25, 0.3) is 0 Å². The number of carboxylic acid groups (broad SMARTS) is 1. The van der Waals surface area contributed by atoms with Crippen molar-refractivity contribution < 1.29 is 33.8 Å². The van der Waals surface area contributed by atoms with Crippen LogP contribution in [0, 0.1) is 5.92 Å². The first-order valence-electron chi connectivity index (χ1n) is 12.2. The van der Waals surface area contributed by atoms with Crippen molar-refractivity contribution in [3.63, 3.8) is 0 Å². The third-order valence-electron chi connectivity index (χ3n) is 5.81. The van der Waals surface area contributed by atoms with Crippen molar-refractivity contribution in [3.05, 3.63) is 71.8 Å². The van der Waals surface area contributed by atoms with E-state index in [0.29, 0.717) is 18.4 Å². The predicted octanol–water partition coefficient (Wildman–Crippen LogP) is 3.49. The number of carboxylic acids is 1. The largest absolute Gasteiger partial charge is 0.480 e. The number of unbranched alkanes of at least 4 members (excludes halogenated alkanes) is 1. The molecule has 8 heteroatoms. The maximum absolute atomic E-state index is 12.9. The third-order valence-corrected chi connectivity index (χ3v) is 5.81. The molecule has 0 radical (unpaired) electrons. The van der Waals surface area contributed by atoms with Crippen LogP contribution in [0.3, 0.4) is 0 Å². The van der Waals surface area contributed by atoms with E-state index in [2.05, 4.69) is 0 Å². The second-order valence-electron chi connectivity index (χ2n) is 8.65. The highest BCUT2D eigenvalue weighted by molar-refractivity contribution is 6.04. The maximum atomic E-state index is 12.9. The van der Waals surface area contributed by atoms with Crippen LogP contribution < -0.4 is 5.73 Å². The van der Waals surface area contributed by atoms with Gasteiger partial charge in [-0.3, -0.25) is 19.2 Å². The summed E-state index contributed by atoms with van der Waals surface area (Å²) in [6.45, 7) is 1.24. The average molecular weight is 498 g/mol.